The molecule has 0 spiro atoms. The van der Waals surface area contributed by atoms with Gasteiger partial charge in [-0.25, -0.2) is 0 Å². The second-order valence-corrected chi connectivity index (χ2v) is 7.76. The van der Waals surface area contributed by atoms with E-state index in [0.29, 0.717) is 18.3 Å². The molecule has 0 aromatic carbocycles. The molecule has 1 N–H and O–H groups in total. The van der Waals surface area contributed by atoms with Crippen LogP contribution in [0.5, 0.6) is 0 Å². The number of rotatable bonds is 13. The van der Waals surface area contributed by atoms with Crippen molar-refractivity contribution in [2.45, 2.75) is 85.0 Å². The fourth-order valence-electron chi connectivity index (χ4n) is 4.43. The summed E-state index contributed by atoms with van der Waals surface area (Å²) < 4.78 is 0. The molecule has 148 valence electrons. The lowest BCUT2D eigenvalue weighted by Gasteiger charge is -2.39. The topological polar surface area (TPSA) is 37.3 Å². The molecular weight excluding hydrogens is 320 g/mol. The minimum Gasteiger partial charge on any atom is -0.481 e. The van der Waals surface area contributed by atoms with E-state index in [1.165, 1.54) is 44.9 Å². The zero-order chi connectivity index (χ0) is 19.2. The van der Waals surface area contributed by atoms with Crippen LogP contribution in [0.15, 0.2) is 36.5 Å². The summed E-state index contributed by atoms with van der Waals surface area (Å²) >= 11 is 0. The highest BCUT2D eigenvalue weighted by molar-refractivity contribution is 5.66. The molecule has 4 unspecified atom stereocenters. The van der Waals surface area contributed by atoms with Gasteiger partial charge in [-0.2, -0.15) is 0 Å². The van der Waals surface area contributed by atoms with Crippen molar-refractivity contribution in [2.24, 2.45) is 23.7 Å². The summed E-state index contributed by atoms with van der Waals surface area (Å²) in [6.07, 6.45) is 24.9. The smallest absolute Gasteiger partial charge is 0.303 e. The molecule has 4 atom stereocenters. The van der Waals surface area contributed by atoms with Crippen molar-refractivity contribution >= 4 is 5.97 Å². The molecule has 0 radical (unpaired) electrons. The van der Waals surface area contributed by atoms with Gasteiger partial charge in [0.25, 0.3) is 0 Å². The second-order valence-electron chi connectivity index (χ2n) is 7.76. The Balaban J connectivity index is 2.55. The highest BCUT2D eigenvalue weighted by Gasteiger charge is 2.33. The van der Waals surface area contributed by atoms with E-state index in [1.807, 2.05) is 0 Å². The average Bonchev–Trinajstić information content (AvgIpc) is 2.63. The Hall–Kier alpha value is -1.31. The maximum Gasteiger partial charge on any atom is 0.303 e. The molecule has 0 bridgehead atoms. The van der Waals surface area contributed by atoms with Crippen molar-refractivity contribution in [3.05, 3.63) is 36.5 Å². The number of carbonyl (C=O) groups is 1. The Morgan fingerprint density at radius 1 is 0.885 bits per heavy atom. The standard InChI is InChI=1S/C24H40O2/c1-4-7-15-22-20(6-3)18-19-21(23(22)16-8-5-2)14-12-10-9-11-13-17-24(25)26/h4-5,7-8,18-23H,6,9-17H2,1-3H3,(H,25,26). The maximum absolute atomic E-state index is 10.6. The summed E-state index contributed by atoms with van der Waals surface area (Å²) in [5, 5.41) is 8.70. The van der Waals surface area contributed by atoms with E-state index < -0.39 is 5.97 Å². The molecule has 26 heavy (non-hydrogen) atoms. The molecule has 2 nitrogen and oxygen atoms in total. The van der Waals surface area contributed by atoms with Gasteiger partial charge in [0, 0.05) is 6.42 Å². The molecular formula is C24H40O2. The SMILES string of the molecule is CC=CCC1C(CC)C=CC(CCCCCCCC(=O)O)C1CC=CC. The molecule has 1 aliphatic rings. The highest BCUT2D eigenvalue weighted by atomic mass is 16.4. The van der Waals surface area contributed by atoms with Crippen LogP contribution in [0.25, 0.3) is 0 Å². The zero-order valence-electron chi connectivity index (χ0n) is 17.2. The van der Waals surface area contributed by atoms with Gasteiger partial charge in [-0.15, -0.1) is 0 Å². The van der Waals surface area contributed by atoms with Gasteiger partial charge in [0.2, 0.25) is 0 Å². The van der Waals surface area contributed by atoms with Gasteiger partial charge in [0.05, 0.1) is 0 Å². The summed E-state index contributed by atoms with van der Waals surface area (Å²) in [5.41, 5.74) is 0. The van der Waals surface area contributed by atoms with Gasteiger partial charge < -0.3 is 5.11 Å². The molecule has 0 saturated carbocycles. The number of carboxylic acids is 1. The summed E-state index contributed by atoms with van der Waals surface area (Å²) in [7, 11) is 0. The summed E-state index contributed by atoms with van der Waals surface area (Å²) in [6.45, 7) is 6.58. The number of unbranched alkanes of at least 4 members (excludes halogenated alkanes) is 4. The van der Waals surface area contributed by atoms with Crippen LogP contribution < -0.4 is 0 Å². The Bertz CT molecular complexity index is 461. The quantitative estimate of drug-likeness (QED) is 0.279. The van der Waals surface area contributed by atoms with Crippen LogP contribution in [-0.4, -0.2) is 11.1 Å². The van der Waals surface area contributed by atoms with Gasteiger partial charge in [-0.3, -0.25) is 4.79 Å². The minimum absolute atomic E-state index is 0.321. The lowest BCUT2D eigenvalue weighted by Crippen LogP contribution is -2.31. The lowest BCUT2D eigenvalue weighted by molar-refractivity contribution is -0.137. The predicted molar refractivity (Wildman–Crippen MR) is 112 cm³/mol. The molecule has 0 aliphatic heterocycles. The Morgan fingerprint density at radius 3 is 2.00 bits per heavy atom. The third kappa shape index (κ3) is 8.38. The fraction of sp³-hybridized carbons (Fsp3) is 0.708. The first-order valence-electron chi connectivity index (χ1n) is 10.8. The van der Waals surface area contributed by atoms with Crippen molar-refractivity contribution in [1.29, 1.82) is 0 Å². The van der Waals surface area contributed by atoms with Crippen molar-refractivity contribution in [2.75, 3.05) is 0 Å². The van der Waals surface area contributed by atoms with E-state index in [1.54, 1.807) is 0 Å². The Kier molecular flexibility index (Phi) is 12.1. The molecule has 2 heteroatoms. The largest absolute Gasteiger partial charge is 0.481 e. The van der Waals surface area contributed by atoms with Crippen LogP contribution in [-0.2, 0) is 4.79 Å². The van der Waals surface area contributed by atoms with Crippen LogP contribution in [0.1, 0.15) is 85.0 Å². The van der Waals surface area contributed by atoms with Crippen LogP contribution >= 0.6 is 0 Å². The maximum atomic E-state index is 10.6. The first-order valence-corrected chi connectivity index (χ1v) is 10.8. The Labute approximate surface area is 161 Å². The van der Waals surface area contributed by atoms with E-state index in [-0.39, 0.29) is 0 Å². The van der Waals surface area contributed by atoms with Gasteiger partial charge in [0.1, 0.15) is 0 Å². The van der Waals surface area contributed by atoms with Crippen molar-refractivity contribution in [1.82, 2.24) is 0 Å². The van der Waals surface area contributed by atoms with Crippen molar-refractivity contribution in [3.8, 4) is 0 Å². The van der Waals surface area contributed by atoms with Crippen molar-refractivity contribution in [3.63, 3.8) is 0 Å². The van der Waals surface area contributed by atoms with Gasteiger partial charge >= 0.3 is 5.97 Å². The zero-order valence-corrected chi connectivity index (χ0v) is 17.2. The third-order valence-corrected chi connectivity index (χ3v) is 5.94. The fourth-order valence-corrected chi connectivity index (χ4v) is 4.43. The van der Waals surface area contributed by atoms with E-state index in [2.05, 4.69) is 57.2 Å². The van der Waals surface area contributed by atoms with Crippen LogP contribution in [0.2, 0.25) is 0 Å². The number of hydrogen-bond acceptors (Lipinski definition) is 1. The molecule has 1 aliphatic carbocycles. The number of hydrogen-bond donors (Lipinski definition) is 1. The molecule has 0 aromatic heterocycles. The molecule has 1 rings (SSSR count). The van der Waals surface area contributed by atoms with E-state index in [4.69, 9.17) is 5.11 Å². The number of carboxylic acid groups (broad SMARTS) is 1. The van der Waals surface area contributed by atoms with Gasteiger partial charge in [0.15, 0.2) is 0 Å². The predicted octanol–water partition coefficient (Wildman–Crippen LogP) is 7.18. The first kappa shape index (κ1) is 22.7. The summed E-state index contributed by atoms with van der Waals surface area (Å²) in [4.78, 5) is 10.6. The summed E-state index contributed by atoms with van der Waals surface area (Å²) in [5.74, 6) is 2.26. The van der Waals surface area contributed by atoms with Crippen LogP contribution in [0.3, 0.4) is 0 Å². The van der Waals surface area contributed by atoms with Crippen molar-refractivity contribution < 1.29 is 9.90 Å². The normalized spacial score (nSPS) is 26.1. The second kappa shape index (κ2) is 13.8. The van der Waals surface area contributed by atoms with Crippen LogP contribution in [0, 0.1) is 23.7 Å². The average molecular weight is 361 g/mol. The third-order valence-electron chi connectivity index (χ3n) is 5.94. The molecule has 0 heterocycles. The molecule has 0 saturated heterocycles. The Morgan fingerprint density at radius 2 is 1.42 bits per heavy atom. The van der Waals surface area contributed by atoms with E-state index in [0.717, 1.165) is 24.7 Å². The summed E-state index contributed by atoms with van der Waals surface area (Å²) in [6, 6.07) is 0. The first-order chi connectivity index (χ1) is 12.6. The number of allylic oxidation sites excluding steroid dienone is 6. The van der Waals surface area contributed by atoms with Crippen LogP contribution in [0.4, 0.5) is 0 Å². The molecule has 0 fully saturated rings. The highest BCUT2D eigenvalue weighted by Crippen LogP contribution is 2.42. The van der Waals surface area contributed by atoms with Gasteiger partial charge in [-0.05, 0) is 69.6 Å². The molecule has 0 amide bonds. The minimum atomic E-state index is -0.665. The van der Waals surface area contributed by atoms with Gasteiger partial charge in [-0.1, -0.05) is 69.1 Å². The number of aliphatic carboxylic acids is 1. The molecule has 0 aromatic rings. The monoisotopic (exact) mass is 360 g/mol. The van der Waals surface area contributed by atoms with E-state index in [9.17, 15) is 4.79 Å². The lowest BCUT2D eigenvalue weighted by atomic mass is 9.66. The van der Waals surface area contributed by atoms with E-state index >= 15 is 0 Å².